The van der Waals surface area contributed by atoms with E-state index in [1.165, 1.54) is 19.6 Å². The molecule has 7 heavy (non-hydrogen) atoms. The highest BCUT2D eigenvalue weighted by Crippen LogP contribution is 2.02. The molecular weight excluding hydrogens is 86.1 g/mol. The van der Waals surface area contributed by atoms with Crippen LogP contribution >= 0.6 is 0 Å². The number of rotatable bonds is 3. The average molecular weight is 97.2 g/mol. The Kier molecular flexibility index (Phi) is 1.47. The van der Waals surface area contributed by atoms with Crippen molar-refractivity contribution in [3.05, 3.63) is 12.7 Å². The first-order valence-corrected chi connectivity index (χ1v) is 2.77. The first-order valence-electron chi connectivity index (χ1n) is 2.77. The van der Waals surface area contributed by atoms with Gasteiger partial charge < -0.3 is 4.90 Å². The zero-order valence-corrected chi connectivity index (χ0v) is 4.56. The van der Waals surface area contributed by atoms with Gasteiger partial charge >= 0.3 is 0 Å². The van der Waals surface area contributed by atoms with Crippen molar-refractivity contribution in [3.8, 4) is 0 Å². The Morgan fingerprint density at radius 3 is 2.71 bits per heavy atom. The summed E-state index contributed by atoms with van der Waals surface area (Å²) in [6.07, 6.45) is 3.12. The second-order valence-electron chi connectivity index (χ2n) is 1.92. The van der Waals surface area contributed by atoms with E-state index in [0.29, 0.717) is 0 Å². The molecule has 0 atom stereocenters. The van der Waals surface area contributed by atoms with E-state index >= 15 is 0 Å². The monoisotopic (exact) mass is 97.1 g/mol. The van der Waals surface area contributed by atoms with Gasteiger partial charge in [0.05, 0.1) is 0 Å². The molecule has 0 N–H and O–H groups in total. The third-order valence-electron chi connectivity index (χ3n) is 1.19. The highest BCUT2D eigenvalue weighted by molar-refractivity contribution is 4.76. The van der Waals surface area contributed by atoms with Crippen molar-refractivity contribution in [2.45, 2.75) is 6.42 Å². The van der Waals surface area contributed by atoms with Gasteiger partial charge in [0.2, 0.25) is 0 Å². The predicted octanol–water partition coefficient (Wildman–Crippen LogP) is 0.878. The zero-order valence-electron chi connectivity index (χ0n) is 4.56. The zero-order chi connectivity index (χ0) is 5.11. The molecule has 0 radical (unpaired) electrons. The lowest BCUT2D eigenvalue weighted by Crippen LogP contribution is -1.95. The van der Waals surface area contributed by atoms with Crippen LogP contribution in [0.15, 0.2) is 12.7 Å². The predicted molar refractivity (Wildman–Crippen MR) is 31.3 cm³/mol. The van der Waals surface area contributed by atoms with E-state index in [0.717, 1.165) is 6.42 Å². The van der Waals surface area contributed by atoms with Crippen LogP contribution in [-0.2, 0) is 0 Å². The summed E-state index contributed by atoms with van der Waals surface area (Å²) in [5, 5.41) is 0. The van der Waals surface area contributed by atoms with E-state index < -0.39 is 0 Å². The molecule has 0 unspecified atom stereocenters. The van der Waals surface area contributed by atoms with Crippen molar-refractivity contribution in [3.63, 3.8) is 0 Å². The van der Waals surface area contributed by atoms with E-state index in [1.807, 2.05) is 6.08 Å². The van der Waals surface area contributed by atoms with Gasteiger partial charge in [-0.3, -0.25) is 0 Å². The van der Waals surface area contributed by atoms with Crippen molar-refractivity contribution in [1.29, 1.82) is 0 Å². The summed E-state index contributed by atoms with van der Waals surface area (Å²) in [7, 11) is 0. The Hall–Kier alpha value is -0.300. The standard InChI is InChI=1S/C6H11N/c1-2-3-4-7-5-6-7/h2H,1,3-6H2. The van der Waals surface area contributed by atoms with Gasteiger partial charge in [-0.15, -0.1) is 6.58 Å². The van der Waals surface area contributed by atoms with Crippen molar-refractivity contribution >= 4 is 0 Å². The Morgan fingerprint density at radius 1 is 1.57 bits per heavy atom. The first-order chi connectivity index (χ1) is 3.43. The number of hydrogen-bond donors (Lipinski definition) is 0. The van der Waals surface area contributed by atoms with Gasteiger partial charge in [-0.05, 0) is 6.42 Å². The van der Waals surface area contributed by atoms with Crippen LogP contribution < -0.4 is 0 Å². The van der Waals surface area contributed by atoms with Gasteiger partial charge in [0.15, 0.2) is 0 Å². The fourth-order valence-electron chi connectivity index (χ4n) is 0.568. The summed E-state index contributed by atoms with van der Waals surface area (Å²) in [4.78, 5) is 2.39. The normalized spacial score (nSPS) is 19.4. The van der Waals surface area contributed by atoms with E-state index in [4.69, 9.17) is 0 Å². The molecule has 0 amide bonds. The molecule has 0 aromatic heterocycles. The maximum absolute atomic E-state index is 3.63. The second-order valence-corrected chi connectivity index (χ2v) is 1.92. The van der Waals surface area contributed by atoms with Crippen LogP contribution in [0.4, 0.5) is 0 Å². The molecule has 40 valence electrons. The maximum atomic E-state index is 3.63. The van der Waals surface area contributed by atoms with E-state index in [1.54, 1.807) is 0 Å². The van der Waals surface area contributed by atoms with Crippen molar-refractivity contribution in [2.24, 2.45) is 0 Å². The molecule has 1 aliphatic heterocycles. The van der Waals surface area contributed by atoms with Crippen LogP contribution in [0.25, 0.3) is 0 Å². The lowest BCUT2D eigenvalue weighted by atomic mass is 10.4. The van der Waals surface area contributed by atoms with Crippen LogP contribution in [0.1, 0.15) is 6.42 Å². The smallest absolute Gasteiger partial charge is 0.0110 e. The quantitative estimate of drug-likeness (QED) is 0.373. The molecule has 0 aromatic rings. The first kappa shape index (κ1) is 4.85. The molecule has 1 heteroatoms. The number of hydrogen-bond acceptors (Lipinski definition) is 1. The molecule has 0 aromatic carbocycles. The molecule has 0 saturated carbocycles. The SMILES string of the molecule is C=CCCN1CC1. The Bertz CT molecular complexity index is 64.6. The van der Waals surface area contributed by atoms with E-state index in [2.05, 4.69) is 11.5 Å². The summed E-state index contributed by atoms with van der Waals surface area (Å²) in [5.74, 6) is 0. The van der Waals surface area contributed by atoms with Gasteiger partial charge in [-0.1, -0.05) is 6.08 Å². The summed E-state index contributed by atoms with van der Waals surface area (Å²) in [5.41, 5.74) is 0. The average Bonchev–Trinajstić information content (AvgIpc) is 2.42. The van der Waals surface area contributed by atoms with Crippen molar-refractivity contribution in [2.75, 3.05) is 19.6 Å². The van der Waals surface area contributed by atoms with Crippen LogP contribution in [0.2, 0.25) is 0 Å². The van der Waals surface area contributed by atoms with E-state index in [-0.39, 0.29) is 0 Å². The highest BCUT2D eigenvalue weighted by Gasteiger charge is 2.14. The molecule has 1 fully saturated rings. The molecule has 1 saturated heterocycles. The lowest BCUT2D eigenvalue weighted by Gasteiger charge is -1.90. The molecule has 1 nitrogen and oxygen atoms in total. The Labute approximate surface area is 44.6 Å². The molecule has 0 aliphatic carbocycles. The topological polar surface area (TPSA) is 3.01 Å². The largest absolute Gasteiger partial charge is 0.300 e. The summed E-state index contributed by atoms with van der Waals surface area (Å²) >= 11 is 0. The Balaban J connectivity index is 1.88. The summed E-state index contributed by atoms with van der Waals surface area (Å²) in [6, 6.07) is 0. The van der Waals surface area contributed by atoms with Gasteiger partial charge in [-0.25, -0.2) is 0 Å². The lowest BCUT2D eigenvalue weighted by molar-refractivity contribution is 0.567. The van der Waals surface area contributed by atoms with Gasteiger partial charge in [0.1, 0.15) is 0 Å². The second kappa shape index (κ2) is 2.12. The highest BCUT2D eigenvalue weighted by atomic mass is 15.2. The fraction of sp³-hybridized carbons (Fsp3) is 0.667. The van der Waals surface area contributed by atoms with Crippen LogP contribution in [0.3, 0.4) is 0 Å². The maximum Gasteiger partial charge on any atom is 0.0110 e. The molecule has 1 heterocycles. The number of nitrogens with zero attached hydrogens (tertiary/aromatic N) is 1. The third-order valence-corrected chi connectivity index (χ3v) is 1.19. The molecule has 1 aliphatic rings. The minimum absolute atomic E-state index is 1.15. The minimum Gasteiger partial charge on any atom is -0.300 e. The van der Waals surface area contributed by atoms with Gasteiger partial charge in [0, 0.05) is 19.6 Å². The molecule has 1 rings (SSSR count). The van der Waals surface area contributed by atoms with Gasteiger partial charge in [-0.2, -0.15) is 0 Å². The van der Waals surface area contributed by atoms with E-state index in [9.17, 15) is 0 Å². The third kappa shape index (κ3) is 1.74. The summed E-state index contributed by atoms with van der Waals surface area (Å²) < 4.78 is 0. The van der Waals surface area contributed by atoms with Gasteiger partial charge in [0.25, 0.3) is 0 Å². The van der Waals surface area contributed by atoms with Crippen molar-refractivity contribution < 1.29 is 0 Å². The fourth-order valence-corrected chi connectivity index (χ4v) is 0.568. The summed E-state index contributed by atoms with van der Waals surface area (Å²) in [6.45, 7) is 7.49. The van der Waals surface area contributed by atoms with Crippen LogP contribution in [0, 0.1) is 0 Å². The van der Waals surface area contributed by atoms with Crippen molar-refractivity contribution in [1.82, 2.24) is 4.90 Å². The minimum atomic E-state index is 1.15. The molecule has 0 bridgehead atoms. The van der Waals surface area contributed by atoms with Crippen LogP contribution in [0.5, 0.6) is 0 Å². The molecular formula is C6H11N. The van der Waals surface area contributed by atoms with Crippen LogP contribution in [-0.4, -0.2) is 24.5 Å². The Morgan fingerprint density at radius 2 is 2.29 bits per heavy atom. The molecule has 0 spiro atoms.